The third-order valence-electron chi connectivity index (χ3n) is 4.26. The molecule has 23 heavy (non-hydrogen) atoms. The van der Waals surface area contributed by atoms with Crippen molar-refractivity contribution in [1.82, 2.24) is 14.7 Å². The van der Waals surface area contributed by atoms with E-state index in [9.17, 15) is 14.7 Å². The SMILES string of the molecule is Cc1cc(CCN2CC(C)C2)nn([C@@H](CC(C)C)C(=O)O)c1=O. The molecule has 1 atom stereocenters. The van der Waals surface area contributed by atoms with E-state index in [0.29, 0.717) is 12.0 Å². The second-order valence-electron chi connectivity index (χ2n) is 7.17. The molecular formula is C17H27N3O3. The van der Waals surface area contributed by atoms with Crippen LogP contribution in [0.2, 0.25) is 0 Å². The van der Waals surface area contributed by atoms with Crippen LogP contribution in [-0.2, 0) is 11.2 Å². The molecule has 0 bridgehead atoms. The number of rotatable bonds is 7. The van der Waals surface area contributed by atoms with Crippen LogP contribution in [0.5, 0.6) is 0 Å². The average Bonchev–Trinajstić information content (AvgIpc) is 2.43. The molecule has 0 spiro atoms. The van der Waals surface area contributed by atoms with E-state index in [0.717, 1.165) is 37.7 Å². The van der Waals surface area contributed by atoms with Gasteiger partial charge in [-0.05, 0) is 31.2 Å². The van der Waals surface area contributed by atoms with E-state index in [2.05, 4.69) is 16.9 Å². The van der Waals surface area contributed by atoms with Gasteiger partial charge >= 0.3 is 5.97 Å². The lowest BCUT2D eigenvalue weighted by atomic mass is 10.0. The predicted molar refractivity (Wildman–Crippen MR) is 88.7 cm³/mol. The van der Waals surface area contributed by atoms with Crippen molar-refractivity contribution in [2.24, 2.45) is 11.8 Å². The van der Waals surface area contributed by atoms with Crippen molar-refractivity contribution in [2.45, 2.75) is 46.6 Å². The summed E-state index contributed by atoms with van der Waals surface area (Å²) in [6, 6.07) is 0.890. The molecule has 128 valence electrons. The van der Waals surface area contributed by atoms with E-state index in [1.54, 1.807) is 13.0 Å². The standard InChI is InChI=1S/C17H27N3O3/c1-11(2)7-15(17(22)23)20-16(21)13(4)8-14(18-20)5-6-19-9-12(3)10-19/h8,11-12,15H,5-7,9-10H2,1-4H3,(H,22,23)/t15-/m0/s1. The van der Waals surface area contributed by atoms with E-state index >= 15 is 0 Å². The molecule has 1 aromatic heterocycles. The van der Waals surface area contributed by atoms with Crippen LogP contribution in [0.1, 0.15) is 44.5 Å². The number of likely N-dealkylation sites (tertiary alicyclic amines) is 1. The zero-order valence-corrected chi connectivity index (χ0v) is 14.5. The molecule has 2 rings (SSSR count). The first-order chi connectivity index (χ1) is 10.8. The highest BCUT2D eigenvalue weighted by Gasteiger charge is 2.25. The Balaban J connectivity index is 2.20. The normalized spacial score (nSPS) is 17.3. The van der Waals surface area contributed by atoms with Crippen LogP contribution in [0, 0.1) is 18.8 Å². The van der Waals surface area contributed by atoms with Crippen molar-refractivity contribution in [1.29, 1.82) is 0 Å². The van der Waals surface area contributed by atoms with Gasteiger partial charge in [0, 0.05) is 31.6 Å². The maximum atomic E-state index is 12.3. The topological polar surface area (TPSA) is 75.4 Å². The molecule has 6 heteroatoms. The Hall–Kier alpha value is -1.69. The summed E-state index contributed by atoms with van der Waals surface area (Å²) in [6.45, 7) is 10.9. The first kappa shape index (κ1) is 17.7. The molecule has 0 aliphatic carbocycles. The summed E-state index contributed by atoms with van der Waals surface area (Å²) >= 11 is 0. The Bertz CT molecular complexity index is 618. The summed E-state index contributed by atoms with van der Waals surface area (Å²) in [6.07, 6.45) is 1.14. The van der Waals surface area contributed by atoms with Gasteiger partial charge in [-0.15, -0.1) is 0 Å². The van der Waals surface area contributed by atoms with Gasteiger partial charge in [0.05, 0.1) is 5.69 Å². The number of carbonyl (C=O) groups is 1. The molecule has 1 aliphatic rings. The van der Waals surface area contributed by atoms with Gasteiger partial charge in [0.25, 0.3) is 5.56 Å². The monoisotopic (exact) mass is 321 g/mol. The summed E-state index contributed by atoms with van der Waals surface area (Å²) in [7, 11) is 0. The minimum absolute atomic E-state index is 0.177. The first-order valence-corrected chi connectivity index (χ1v) is 8.32. The minimum atomic E-state index is -0.999. The molecule has 1 fully saturated rings. The molecule has 0 saturated carbocycles. The number of carboxylic acids is 1. The highest BCUT2D eigenvalue weighted by molar-refractivity contribution is 5.71. The summed E-state index contributed by atoms with van der Waals surface area (Å²) in [5.41, 5.74) is 1.04. The minimum Gasteiger partial charge on any atom is -0.480 e. The maximum Gasteiger partial charge on any atom is 0.328 e. The molecule has 1 saturated heterocycles. The molecule has 1 aliphatic heterocycles. The fourth-order valence-electron chi connectivity index (χ4n) is 3.07. The number of aliphatic carboxylic acids is 1. The van der Waals surface area contributed by atoms with E-state index < -0.39 is 12.0 Å². The number of nitrogens with zero attached hydrogens (tertiary/aromatic N) is 3. The molecule has 0 radical (unpaired) electrons. The summed E-state index contributed by atoms with van der Waals surface area (Å²) in [5, 5.41) is 13.8. The highest BCUT2D eigenvalue weighted by Crippen LogP contribution is 2.17. The van der Waals surface area contributed by atoms with Gasteiger partial charge in [-0.2, -0.15) is 5.10 Å². The van der Waals surface area contributed by atoms with Crippen LogP contribution in [0.3, 0.4) is 0 Å². The zero-order valence-electron chi connectivity index (χ0n) is 14.5. The van der Waals surface area contributed by atoms with Crippen molar-refractivity contribution >= 4 is 5.97 Å². The smallest absolute Gasteiger partial charge is 0.328 e. The van der Waals surface area contributed by atoms with Gasteiger partial charge in [0.15, 0.2) is 6.04 Å². The Morgan fingerprint density at radius 3 is 2.61 bits per heavy atom. The molecule has 2 heterocycles. The lowest BCUT2D eigenvalue weighted by Crippen LogP contribution is -2.46. The zero-order chi connectivity index (χ0) is 17.1. The van der Waals surface area contributed by atoms with Crippen molar-refractivity contribution in [3.05, 3.63) is 27.7 Å². The number of aromatic nitrogens is 2. The van der Waals surface area contributed by atoms with E-state index in [1.165, 1.54) is 4.68 Å². The second-order valence-corrected chi connectivity index (χ2v) is 7.17. The van der Waals surface area contributed by atoms with Crippen LogP contribution in [0.4, 0.5) is 0 Å². The van der Waals surface area contributed by atoms with Gasteiger partial charge < -0.3 is 10.0 Å². The van der Waals surface area contributed by atoms with Gasteiger partial charge in [0.2, 0.25) is 0 Å². The van der Waals surface area contributed by atoms with Crippen LogP contribution < -0.4 is 5.56 Å². The molecule has 1 aromatic rings. The van der Waals surface area contributed by atoms with Gasteiger partial charge in [-0.3, -0.25) is 4.79 Å². The van der Waals surface area contributed by atoms with Crippen molar-refractivity contribution < 1.29 is 9.90 Å². The number of hydrogen-bond acceptors (Lipinski definition) is 4. The quantitative estimate of drug-likeness (QED) is 0.827. The van der Waals surface area contributed by atoms with Gasteiger partial charge in [-0.1, -0.05) is 20.8 Å². The van der Waals surface area contributed by atoms with E-state index in [4.69, 9.17) is 0 Å². The third kappa shape index (κ3) is 4.41. The molecule has 6 nitrogen and oxygen atoms in total. The van der Waals surface area contributed by atoms with Crippen molar-refractivity contribution in [3.63, 3.8) is 0 Å². The number of aryl methyl sites for hydroxylation is 1. The maximum absolute atomic E-state index is 12.3. The Labute approximate surface area is 137 Å². The van der Waals surface area contributed by atoms with Gasteiger partial charge in [0.1, 0.15) is 0 Å². The van der Waals surface area contributed by atoms with Crippen LogP contribution in [-0.4, -0.2) is 45.4 Å². The fourth-order valence-corrected chi connectivity index (χ4v) is 3.07. The third-order valence-corrected chi connectivity index (χ3v) is 4.26. The van der Waals surface area contributed by atoms with Crippen LogP contribution in [0.25, 0.3) is 0 Å². The highest BCUT2D eigenvalue weighted by atomic mass is 16.4. The largest absolute Gasteiger partial charge is 0.480 e. The summed E-state index contributed by atoms with van der Waals surface area (Å²) in [4.78, 5) is 26.2. The lowest BCUT2D eigenvalue weighted by Gasteiger charge is -2.37. The predicted octanol–water partition coefficient (Wildman–Crippen LogP) is 1.72. The van der Waals surface area contributed by atoms with Gasteiger partial charge in [-0.25, -0.2) is 9.48 Å². The van der Waals surface area contributed by atoms with Crippen molar-refractivity contribution in [3.8, 4) is 0 Å². The summed E-state index contributed by atoms with van der Waals surface area (Å²) < 4.78 is 1.17. The van der Waals surface area contributed by atoms with E-state index in [1.807, 2.05) is 13.8 Å². The molecule has 0 aromatic carbocycles. The fraction of sp³-hybridized carbons (Fsp3) is 0.706. The second kappa shape index (κ2) is 7.25. The van der Waals surface area contributed by atoms with Crippen LogP contribution >= 0.6 is 0 Å². The Morgan fingerprint density at radius 2 is 2.09 bits per heavy atom. The Kier molecular flexibility index (Phi) is 5.57. The molecule has 0 unspecified atom stereocenters. The molecule has 0 amide bonds. The Morgan fingerprint density at radius 1 is 1.43 bits per heavy atom. The van der Waals surface area contributed by atoms with Crippen molar-refractivity contribution in [2.75, 3.05) is 19.6 Å². The molecule has 1 N–H and O–H groups in total. The molecular weight excluding hydrogens is 294 g/mol. The number of carboxylic acid groups (broad SMARTS) is 1. The average molecular weight is 321 g/mol. The lowest BCUT2D eigenvalue weighted by molar-refractivity contribution is -0.141. The van der Waals surface area contributed by atoms with E-state index in [-0.39, 0.29) is 11.5 Å². The number of hydrogen-bond donors (Lipinski definition) is 1. The first-order valence-electron chi connectivity index (χ1n) is 8.32. The van der Waals surface area contributed by atoms with Crippen LogP contribution in [0.15, 0.2) is 10.9 Å². The summed E-state index contributed by atoms with van der Waals surface area (Å²) in [5.74, 6) is -0.0705.